The van der Waals surface area contributed by atoms with Crippen molar-refractivity contribution in [2.75, 3.05) is 0 Å². The van der Waals surface area contributed by atoms with Gasteiger partial charge in [-0.15, -0.1) is 0 Å². The van der Waals surface area contributed by atoms with Crippen molar-refractivity contribution in [3.8, 4) is 16.8 Å². The minimum atomic E-state index is 0.347. The summed E-state index contributed by atoms with van der Waals surface area (Å²) in [7, 11) is 0. The number of aryl methyl sites for hydroxylation is 1. The van der Waals surface area contributed by atoms with E-state index in [2.05, 4.69) is 113 Å². The van der Waals surface area contributed by atoms with Crippen LogP contribution in [0.4, 0.5) is 0 Å². The van der Waals surface area contributed by atoms with Gasteiger partial charge in [0.1, 0.15) is 0 Å². The van der Waals surface area contributed by atoms with Crippen molar-refractivity contribution < 1.29 is 0 Å². The van der Waals surface area contributed by atoms with Crippen LogP contribution in [0.5, 0.6) is 0 Å². The molecule has 0 unspecified atom stereocenters. The Balaban J connectivity index is 1.55. The van der Waals surface area contributed by atoms with Crippen LogP contribution in [0.15, 0.2) is 79.1 Å². The first-order valence-electron chi connectivity index (χ1n) is 13.2. The molecule has 2 aromatic heterocycles. The maximum atomic E-state index is 4.72. The van der Waals surface area contributed by atoms with Gasteiger partial charge in [-0.25, -0.2) is 0 Å². The molecule has 1 aliphatic heterocycles. The van der Waals surface area contributed by atoms with E-state index < -0.39 is 0 Å². The summed E-state index contributed by atoms with van der Waals surface area (Å²) in [6.45, 7) is 14.8. The second-order valence-electron chi connectivity index (χ2n) is 12.1. The van der Waals surface area contributed by atoms with Gasteiger partial charge in [0, 0.05) is 22.5 Å². The summed E-state index contributed by atoms with van der Waals surface area (Å²) in [5.41, 5.74) is 10.8. The van der Waals surface area contributed by atoms with E-state index in [0.29, 0.717) is 17.5 Å². The highest BCUT2D eigenvalue weighted by Crippen LogP contribution is 2.52. The molecule has 0 amide bonds. The smallest absolute Gasteiger partial charge is 0.177 e. The molecule has 1 saturated heterocycles. The van der Waals surface area contributed by atoms with Crippen molar-refractivity contribution in [3.05, 3.63) is 90.3 Å². The predicted octanol–water partition coefficient (Wildman–Crippen LogP) is 8.23. The lowest BCUT2D eigenvalue weighted by Crippen LogP contribution is -2.27. The largest absolute Gasteiger partial charge is 0.307 e. The van der Waals surface area contributed by atoms with E-state index in [1.807, 2.05) is 12.4 Å². The number of benzene rings is 3. The molecule has 3 heteroatoms. The van der Waals surface area contributed by atoms with Crippen LogP contribution in [0.1, 0.15) is 38.8 Å². The van der Waals surface area contributed by atoms with Gasteiger partial charge in [-0.1, -0.05) is 100 Å². The molecule has 36 heavy (non-hydrogen) atoms. The first-order valence-corrected chi connectivity index (χ1v) is 13.2. The zero-order chi connectivity index (χ0) is 25.2. The second-order valence-corrected chi connectivity index (χ2v) is 12.1. The van der Waals surface area contributed by atoms with Gasteiger partial charge in [-0.05, 0) is 53.5 Å². The topological polar surface area (TPSA) is 17.8 Å². The van der Waals surface area contributed by atoms with Crippen molar-refractivity contribution in [3.63, 3.8) is 0 Å². The van der Waals surface area contributed by atoms with Gasteiger partial charge in [-0.2, -0.15) is 0 Å². The summed E-state index contributed by atoms with van der Waals surface area (Å²) in [4.78, 5) is 4.72. The van der Waals surface area contributed by atoms with E-state index in [1.165, 1.54) is 62.2 Å². The summed E-state index contributed by atoms with van der Waals surface area (Å²) in [5, 5.41) is 2.65. The maximum Gasteiger partial charge on any atom is 0.177 e. The van der Waals surface area contributed by atoms with Gasteiger partial charge >= 0.3 is 0 Å². The van der Waals surface area contributed by atoms with Gasteiger partial charge in [0.25, 0.3) is 0 Å². The highest BCUT2D eigenvalue weighted by atomic mass is 15.0. The monoisotopic (exact) mass is 470 g/mol. The molecule has 1 aliphatic rings. The first kappa shape index (κ1) is 23.1. The molecule has 3 heterocycles. The fourth-order valence-electron chi connectivity index (χ4n) is 6.48. The Morgan fingerprint density at radius 1 is 0.722 bits per heavy atom. The third-order valence-electron chi connectivity index (χ3n) is 9.38. The fraction of sp³-hybridized carbons (Fsp3) is 0.303. The van der Waals surface area contributed by atoms with E-state index in [4.69, 9.17) is 4.98 Å². The quantitative estimate of drug-likeness (QED) is 0.243. The van der Waals surface area contributed by atoms with Crippen LogP contribution in [0, 0.1) is 24.7 Å². The van der Waals surface area contributed by atoms with Gasteiger partial charge < -0.3 is 4.57 Å². The van der Waals surface area contributed by atoms with Gasteiger partial charge in [0.2, 0.25) is 0 Å². The molecule has 0 bridgehead atoms. The Labute approximate surface area is 215 Å². The number of fused-ring (bicyclic) bond motifs is 3. The van der Waals surface area contributed by atoms with E-state index >= 15 is 0 Å². The molecule has 0 saturated carbocycles. The van der Waals surface area contributed by atoms with Crippen molar-refractivity contribution in [2.24, 2.45) is 10.8 Å². The average molecular weight is 470 g/mol. The molecule has 2 nitrogen and oxygen atoms in total. The molecule has 1 fully saturated rings. The molecule has 0 radical (unpaired) electrons. The normalized spacial score (nSPS) is 16.8. The number of hydrogen-bond donors (Lipinski definition) is 0. The number of hydrogen-bond acceptors (Lipinski definition) is 1. The van der Waals surface area contributed by atoms with E-state index in [0.717, 1.165) is 5.69 Å². The number of pyridine rings is 1. The summed E-state index contributed by atoms with van der Waals surface area (Å²) in [5.74, 6) is 0. The molecular formula is C33H35BN2. The van der Waals surface area contributed by atoms with Crippen molar-refractivity contribution in [1.82, 2.24) is 9.55 Å². The minimum Gasteiger partial charge on any atom is -0.307 e. The van der Waals surface area contributed by atoms with Crippen LogP contribution >= 0.6 is 0 Å². The van der Waals surface area contributed by atoms with Gasteiger partial charge in [0.05, 0.1) is 22.9 Å². The first-order chi connectivity index (χ1) is 17.2. The van der Waals surface area contributed by atoms with Crippen molar-refractivity contribution in [2.45, 2.75) is 54.2 Å². The predicted molar refractivity (Wildman–Crippen MR) is 156 cm³/mol. The number of aromatic nitrogens is 2. The Morgan fingerprint density at radius 3 is 2.14 bits per heavy atom. The molecule has 6 rings (SSSR count). The molecule has 3 aromatic carbocycles. The lowest BCUT2D eigenvalue weighted by atomic mass is 9.42. The SMILES string of the molecule is Cc1ccccc1-c1cncc(-n2c3ccccc3c3cc(B4CC(C)(C)C(C)(C)C4)ccc32)c1C. The average Bonchev–Trinajstić information content (AvgIpc) is 3.29. The van der Waals surface area contributed by atoms with E-state index in [9.17, 15) is 0 Å². The third kappa shape index (κ3) is 3.44. The van der Waals surface area contributed by atoms with Crippen molar-refractivity contribution >= 4 is 34.0 Å². The zero-order valence-corrected chi connectivity index (χ0v) is 22.4. The Hall–Kier alpha value is -3.33. The van der Waals surface area contributed by atoms with Crippen LogP contribution in [0.25, 0.3) is 38.6 Å². The van der Waals surface area contributed by atoms with Crippen LogP contribution < -0.4 is 5.46 Å². The van der Waals surface area contributed by atoms with E-state index in [-0.39, 0.29) is 0 Å². The summed E-state index contributed by atoms with van der Waals surface area (Å²) >= 11 is 0. The van der Waals surface area contributed by atoms with Crippen LogP contribution in [-0.4, -0.2) is 16.3 Å². The van der Waals surface area contributed by atoms with Crippen LogP contribution in [0.2, 0.25) is 12.6 Å². The van der Waals surface area contributed by atoms with Gasteiger partial charge in [-0.3, -0.25) is 4.98 Å². The lowest BCUT2D eigenvalue weighted by molar-refractivity contribution is 0.177. The number of nitrogens with zero attached hydrogens (tertiary/aromatic N) is 2. The Bertz CT molecular complexity index is 1610. The number of rotatable bonds is 3. The molecular weight excluding hydrogens is 435 g/mol. The Kier molecular flexibility index (Phi) is 5.19. The summed E-state index contributed by atoms with van der Waals surface area (Å²) in [6.07, 6.45) is 6.52. The highest BCUT2D eigenvalue weighted by molar-refractivity contribution is 6.74. The molecule has 0 aliphatic carbocycles. The Morgan fingerprint density at radius 2 is 1.39 bits per heavy atom. The number of para-hydroxylation sites is 1. The van der Waals surface area contributed by atoms with Crippen LogP contribution in [-0.2, 0) is 0 Å². The second kappa shape index (κ2) is 8.10. The molecule has 0 spiro atoms. The summed E-state index contributed by atoms with van der Waals surface area (Å²) in [6, 6.07) is 24.6. The molecule has 180 valence electrons. The van der Waals surface area contributed by atoms with Crippen molar-refractivity contribution in [1.29, 1.82) is 0 Å². The van der Waals surface area contributed by atoms with Crippen LogP contribution in [0.3, 0.4) is 0 Å². The third-order valence-corrected chi connectivity index (χ3v) is 9.38. The fourth-order valence-corrected chi connectivity index (χ4v) is 6.48. The lowest BCUT2D eigenvalue weighted by Gasteiger charge is -2.35. The summed E-state index contributed by atoms with van der Waals surface area (Å²) < 4.78 is 2.42. The van der Waals surface area contributed by atoms with E-state index in [1.54, 1.807) is 0 Å². The molecule has 0 atom stereocenters. The molecule has 0 N–H and O–H groups in total. The zero-order valence-electron chi connectivity index (χ0n) is 22.4. The highest BCUT2D eigenvalue weighted by Gasteiger charge is 2.48. The maximum absolute atomic E-state index is 4.72. The standard InChI is InChI=1S/C33H35BN2/c1-22-11-7-8-12-25(22)28-18-35-19-31(23(28)2)36-29-14-10-9-13-26(29)27-17-24(15-16-30(27)36)34-20-32(3,4)33(5,6)21-34/h7-19H,20-21H2,1-6H3. The van der Waals surface area contributed by atoms with Gasteiger partial charge in [0.15, 0.2) is 6.71 Å². The minimum absolute atomic E-state index is 0.347. The molecule has 5 aromatic rings.